The minimum atomic E-state index is -0.325. The van der Waals surface area contributed by atoms with Crippen molar-refractivity contribution in [1.82, 2.24) is 0 Å². The van der Waals surface area contributed by atoms with E-state index in [1.54, 1.807) is 31.4 Å². The average molecular weight is 412 g/mol. The molecule has 1 aliphatic rings. The summed E-state index contributed by atoms with van der Waals surface area (Å²) in [4.78, 5) is 28.2. The van der Waals surface area contributed by atoms with Crippen LogP contribution in [-0.2, 0) is 9.59 Å². The summed E-state index contributed by atoms with van der Waals surface area (Å²) in [5, 5.41) is 0.161. The molecule has 152 valence electrons. The van der Waals surface area contributed by atoms with Crippen LogP contribution in [0.3, 0.4) is 0 Å². The lowest BCUT2D eigenvalue weighted by Crippen LogP contribution is -2.31. The van der Waals surface area contributed by atoms with Gasteiger partial charge >= 0.3 is 0 Å². The van der Waals surface area contributed by atoms with E-state index < -0.39 is 0 Å². The number of amides is 2. The molecule has 0 saturated heterocycles. The van der Waals surface area contributed by atoms with E-state index in [4.69, 9.17) is 9.47 Å². The van der Waals surface area contributed by atoms with Crippen LogP contribution in [-0.4, -0.2) is 30.8 Å². The van der Waals surface area contributed by atoms with E-state index >= 15 is 0 Å². The first-order valence-electron chi connectivity index (χ1n) is 9.63. The van der Waals surface area contributed by atoms with Gasteiger partial charge in [-0.25, -0.2) is 4.90 Å². The largest absolute Gasteiger partial charge is 0.497 e. The molecule has 0 fully saturated rings. The maximum absolute atomic E-state index is 13.3. The van der Waals surface area contributed by atoms with Gasteiger partial charge < -0.3 is 9.47 Å². The number of ether oxygens (including phenoxy) is 2. The Kier molecular flexibility index (Phi) is 6.64. The highest BCUT2D eigenvalue weighted by Crippen LogP contribution is 2.40. The smallest absolute Gasteiger partial charge is 0.272 e. The average Bonchev–Trinajstić information content (AvgIpc) is 2.96. The summed E-state index contributed by atoms with van der Waals surface area (Å²) in [5.74, 6) is 0.708. The zero-order chi connectivity index (χ0) is 21.0. The van der Waals surface area contributed by atoms with E-state index in [9.17, 15) is 9.59 Å². The Bertz CT molecular complexity index is 934. The number of rotatable bonds is 8. The fourth-order valence-electron chi connectivity index (χ4n) is 3.03. The number of thioether (sulfide) groups is 1. The number of methoxy groups -OCH3 is 1. The van der Waals surface area contributed by atoms with Crippen LogP contribution >= 0.6 is 11.8 Å². The van der Waals surface area contributed by atoms with E-state index in [1.807, 2.05) is 45.0 Å². The molecule has 0 N–H and O–H groups in total. The fraction of sp³-hybridized carbons (Fsp3) is 0.304. The van der Waals surface area contributed by atoms with Gasteiger partial charge in [-0.2, -0.15) is 0 Å². The van der Waals surface area contributed by atoms with Gasteiger partial charge in [0.15, 0.2) is 0 Å². The number of anilines is 1. The molecule has 0 radical (unpaired) electrons. The third-order valence-corrected chi connectivity index (χ3v) is 5.41. The third-order valence-electron chi connectivity index (χ3n) is 4.32. The number of carbonyl (C=O) groups is 2. The second-order valence-corrected chi connectivity index (χ2v) is 8.48. The van der Waals surface area contributed by atoms with E-state index in [-0.39, 0.29) is 17.1 Å². The fourth-order valence-corrected chi connectivity index (χ4v) is 4.02. The molecular weight excluding hydrogens is 386 g/mol. The lowest BCUT2D eigenvalue weighted by Gasteiger charge is -2.16. The van der Waals surface area contributed by atoms with Gasteiger partial charge in [0.05, 0.1) is 29.9 Å². The van der Waals surface area contributed by atoms with E-state index in [2.05, 4.69) is 0 Å². The Hall–Kier alpha value is -2.73. The Balaban J connectivity index is 2.00. The summed E-state index contributed by atoms with van der Waals surface area (Å²) in [5.41, 5.74) is 1.64. The van der Waals surface area contributed by atoms with Crippen molar-refractivity contribution in [2.75, 3.05) is 18.6 Å². The van der Waals surface area contributed by atoms with Crippen LogP contribution in [0.1, 0.15) is 32.8 Å². The lowest BCUT2D eigenvalue weighted by molar-refractivity contribution is -0.119. The van der Waals surface area contributed by atoms with Crippen molar-refractivity contribution in [3.8, 4) is 11.5 Å². The first-order valence-corrected chi connectivity index (χ1v) is 10.5. The number of hydrogen-bond acceptors (Lipinski definition) is 5. The third kappa shape index (κ3) is 4.48. The first kappa shape index (κ1) is 21.0. The zero-order valence-electron chi connectivity index (χ0n) is 17.1. The van der Waals surface area contributed by atoms with Crippen LogP contribution < -0.4 is 14.4 Å². The maximum Gasteiger partial charge on any atom is 0.272 e. The normalized spacial score (nSPS) is 14.2. The van der Waals surface area contributed by atoms with Gasteiger partial charge in [0.2, 0.25) is 0 Å². The molecule has 2 aromatic carbocycles. The van der Waals surface area contributed by atoms with Gasteiger partial charge in [-0.05, 0) is 36.2 Å². The quantitative estimate of drug-likeness (QED) is 0.578. The number of imide groups is 1. The Morgan fingerprint density at radius 2 is 1.72 bits per heavy atom. The number of carbonyl (C=O) groups excluding carboxylic acids is 2. The molecule has 0 unspecified atom stereocenters. The van der Waals surface area contributed by atoms with Crippen LogP contribution in [0.25, 0.3) is 5.57 Å². The molecule has 5 nitrogen and oxygen atoms in total. The van der Waals surface area contributed by atoms with Crippen molar-refractivity contribution in [1.29, 1.82) is 0 Å². The molecule has 0 spiro atoms. The van der Waals surface area contributed by atoms with Gasteiger partial charge in [0.25, 0.3) is 11.8 Å². The molecule has 1 aliphatic heterocycles. The predicted octanol–water partition coefficient (Wildman–Crippen LogP) is 4.91. The second-order valence-electron chi connectivity index (χ2n) is 6.89. The van der Waals surface area contributed by atoms with Gasteiger partial charge in [-0.1, -0.05) is 39.0 Å². The monoisotopic (exact) mass is 411 g/mol. The van der Waals surface area contributed by atoms with Gasteiger partial charge in [-0.15, -0.1) is 11.8 Å². The van der Waals surface area contributed by atoms with Crippen molar-refractivity contribution in [2.45, 2.75) is 32.4 Å². The lowest BCUT2D eigenvalue weighted by atomic mass is 10.1. The van der Waals surface area contributed by atoms with Crippen LogP contribution in [0.5, 0.6) is 11.5 Å². The SMILES string of the molecule is CCCOc1ccc(C2=C(SC(C)C)C(=O)N(c3cccc(OC)c3)C2=O)cc1. The summed E-state index contributed by atoms with van der Waals surface area (Å²) < 4.78 is 10.9. The van der Waals surface area contributed by atoms with Crippen LogP contribution in [0.4, 0.5) is 5.69 Å². The Morgan fingerprint density at radius 1 is 1.00 bits per heavy atom. The molecule has 6 heteroatoms. The van der Waals surface area contributed by atoms with E-state index in [0.717, 1.165) is 12.2 Å². The van der Waals surface area contributed by atoms with Gasteiger partial charge in [-0.3, -0.25) is 9.59 Å². The number of benzene rings is 2. The molecule has 3 rings (SSSR count). The molecule has 1 heterocycles. The molecule has 0 saturated carbocycles. The van der Waals surface area contributed by atoms with Crippen molar-refractivity contribution < 1.29 is 19.1 Å². The second kappa shape index (κ2) is 9.18. The van der Waals surface area contributed by atoms with Crippen molar-refractivity contribution in [3.63, 3.8) is 0 Å². The molecular formula is C23H25NO4S. The van der Waals surface area contributed by atoms with Gasteiger partial charge in [0, 0.05) is 11.3 Å². The summed E-state index contributed by atoms with van der Waals surface area (Å²) in [6, 6.07) is 14.3. The van der Waals surface area contributed by atoms with Crippen LogP contribution in [0.15, 0.2) is 53.4 Å². The van der Waals surface area contributed by atoms with Crippen LogP contribution in [0, 0.1) is 0 Å². The van der Waals surface area contributed by atoms with E-state index in [1.165, 1.54) is 16.7 Å². The number of nitrogens with zero attached hydrogens (tertiary/aromatic N) is 1. The molecule has 0 aromatic heterocycles. The molecule has 2 aromatic rings. The van der Waals surface area contributed by atoms with Crippen molar-refractivity contribution in [3.05, 3.63) is 59.0 Å². The molecule has 0 bridgehead atoms. The Labute approximate surface area is 175 Å². The summed E-state index contributed by atoms with van der Waals surface area (Å²) in [6.07, 6.45) is 0.921. The summed E-state index contributed by atoms with van der Waals surface area (Å²) in [7, 11) is 1.55. The van der Waals surface area contributed by atoms with Crippen LogP contribution in [0.2, 0.25) is 0 Å². The van der Waals surface area contributed by atoms with E-state index in [0.29, 0.717) is 34.1 Å². The molecule has 2 amide bonds. The highest BCUT2D eigenvalue weighted by atomic mass is 32.2. The Morgan fingerprint density at radius 3 is 2.34 bits per heavy atom. The predicted molar refractivity (Wildman–Crippen MR) is 117 cm³/mol. The highest BCUT2D eigenvalue weighted by molar-refractivity contribution is 8.04. The standard InChI is InChI=1S/C23H25NO4S/c1-5-13-28-18-11-9-16(10-12-18)20-21(29-15(2)3)23(26)24(22(20)25)17-7-6-8-19(14-17)27-4/h6-12,14-15H,5,13H2,1-4H3. The number of hydrogen-bond donors (Lipinski definition) is 0. The zero-order valence-corrected chi connectivity index (χ0v) is 17.9. The maximum atomic E-state index is 13.3. The summed E-state index contributed by atoms with van der Waals surface area (Å²) >= 11 is 1.41. The minimum Gasteiger partial charge on any atom is -0.497 e. The summed E-state index contributed by atoms with van der Waals surface area (Å²) in [6.45, 7) is 6.69. The minimum absolute atomic E-state index is 0.161. The van der Waals surface area contributed by atoms with Crippen molar-refractivity contribution in [2.24, 2.45) is 0 Å². The van der Waals surface area contributed by atoms with Gasteiger partial charge in [0.1, 0.15) is 11.5 Å². The molecule has 0 aliphatic carbocycles. The topological polar surface area (TPSA) is 55.8 Å². The van der Waals surface area contributed by atoms with Crippen molar-refractivity contribution >= 4 is 34.8 Å². The molecule has 0 atom stereocenters. The highest BCUT2D eigenvalue weighted by Gasteiger charge is 2.40. The first-order chi connectivity index (χ1) is 14.0. The molecule has 29 heavy (non-hydrogen) atoms.